The Morgan fingerprint density at radius 1 is 1.25 bits per heavy atom. The van der Waals surface area contributed by atoms with Crippen molar-refractivity contribution in [2.45, 2.75) is 32.1 Å². The average Bonchev–Trinajstić information content (AvgIpc) is 2.30. The summed E-state index contributed by atoms with van der Waals surface area (Å²) in [6.45, 7) is 6.15. The summed E-state index contributed by atoms with van der Waals surface area (Å²) in [6, 6.07) is 6.81. The lowest BCUT2D eigenvalue weighted by Gasteiger charge is -2.37. The van der Waals surface area contributed by atoms with Crippen LogP contribution in [0, 0.1) is 13.8 Å². The number of hydrogen-bond acceptors (Lipinski definition) is 1. The van der Waals surface area contributed by atoms with Gasteiger partial charge in [-0.3, -0.25) is 0 Å². The van der Waals surface area contributed by atoms with Crippen molar-refractivity contribution in [2.75, 3.05) is 18.5 Å². The smallest absolute Gasteiger partial charge is 0.0474 e. The van der Waals surface area contributed by atoms with Gasteiger partial charge in [-0.2, -0.15) is 0 Å². The predicted molar refractivity (Wildman–Crippen MR) is 71.4 cm³/mol. The van der Waals surface area contributed by atoms with Crippen LogP contribution in [0.25, 0.3) is 0 Å². The van der Waals surface area contributed by atoms with Gasteiger partial charge in [0.05, 0.1) is 0 Å². The van der Waals surface area contributed by atoms with Crippen LogP contribution in [0.5, 0.6) is 0 Å². The molecule has 88 valence electrons. The normalized spacial score (nSPS) is 19.7. The molecule has 0 radical (unpaired) electrons. The molecule has 1 nitrogen and oxygen atoms in total. The molecule has 0 unspecified atom stereocenters. The Labute approximate surface area is 106 Å². The van der Waals surface area contributed by atoms with Crippen molar-refractivity contribution in [2.24, 2.45) is 0 Å². The van der Waals surface area contributed by atoms with Gasteiger partial charge in [0.2, 0.25) is 0 Å². The molecule has 0 aliphatic carbocycles. The Hall–Kier alpha value is -0.340. The topological polar surface area (TPSA) is 9.23 Å². The van der Waals surface area contributed by atoms with Gasteiger partial charge in [0, 0.05) is 24.0 Å². The van der Waals surface area contributed by atoms with Crippen molar-refractivity contribution in [1.82, 2.24) is 0 Å². The predicted octanol–water partition coefficient (Wildman–Crippen LogP) is 3.75. The van der Waals surface area contributed by atoms with E-state index in [4.69, 9.17) is 4.74 Å². The second kappa shape index (κ2) is 4.89. The second-order valence-corrected chi connectivity index (χ2v) is 5.41. The van der Waals surface area contributed by atoms with Crippen molar-refractivity contribution in [3.05, 3.63) is 34.9 Å². The molecule has 0 N–H and O–H groups in total. The van der Waals surface area contributed by atoms with Crippen molar-refractivity contribution in [3.63, 3.8) is 0 Å². The fourth-order valence-electron chi connectivity index (χ4n) is 2.65. The summed E-state index contributed by atoms with van der Waals surface area (Å²) in [4.78, 5) is 0. The summed E-state index contributed by atoms with van der Waals surface area (Å²) in [7, 11) is 0. The fourth-order valence-corrected chi connectivity index (χ4v) is 3.51. The van der Waals surface area contributed by atoms with Crippen LogP contribution in [-0.4, -0.2) is 18.5 Å². The number of benzene rings is 1. The van der Waals surface area contributed by atoms with E-state index in [1.807, 2.05) is 0 Å². The van der Waals surface area contributed by atoms with Gasteiger partial charge in [-0.05, 0) is 37.8 Å². The molecule has 1 saturated heterocycles. The molecule has 0 spiro atoms. The third-order valence-corrected chi connectivity index (χ3v) is 4.73. The SMILES string of the molecule is Cc1ccc(C2(CBr)CCOCC2)c(C)c1. The Morgan fingerprint density at radius 2 is 1.94 bits per heavy atom. The van der Waals surface area contributed by atoms with E-state index in [0.717, 1.165) is 31.4 Å². The molecule has 1 aliphatic heterocycles. The van der Waals surface area contributed by atoms with Crippen LogP contribution in [0.1, 0.15) is 29.5 Å². The average molecular weight is 283 g/mol. The Morgan fingerprint density at radius 3 is 2.50 bits per heavy atom. The molecule has 1 aromatic carbocycles. The Balaban J connectivity index is 2.39. The number of aryl methyl sites for hydroxylation is 2. The molecule has 0 atom stereocenters. The molecule has 1 aliphatic rings. The zero-order valence-electron chi connectivity index (χ0n) is 10.1. The zero-order valence-corrected chi connectivity index (χ0v) is 11.6. The van der Waals surface area contributed by atoms with Crippen LogP contribution >= 0.6 is 15.9 Å². The van der Waals surface area contributed by atoms with E-state index in [1.165, 1.54) is 16.7 Å². The number of hydrogen-bond donors (Lipinski definition) is 0. The quantitative estimate of drug-likeness (QED) is 0.751. The van der Waals surface area contributed by atoms with Crippen molar-refractivity contribution in [3.8, 4) is 0 Å². The van der Waals surface area contributed by atoms with Gasteiger partial charge in [-0.25, -0.2) is 0 Å². The van der Waals surface area contributed by atoms with Gasteiger partial charge in [0.25, 0.3) is 0 Å². The number of halogens is 1. The first kappa shape index (κ1) is 12.1. The summed E-state index contributed by atoms with van der Waals surface area (Å²) in [6.07, 6.45) is 2.25. The third-order valence-electron chi connectivity index (χ3n) is 3.66. The first-order chi connectivity index (χ1) is 7.68. The van der Waals surface area contributed by atoms with E-state index in [-0.39, 0.29) is 5.41 Å². The highest BCUT2D eigenvalue weighted by Gasteiger charge is 2.34. The number of rotatable bonds is 2. The van der Waals surface area contributed by atoms with E-state index in [1.54, 1.807) is 0 Å². The van der Waals surface area contributed by atoms with Gasteiger partial charge in [-0.15, -0.1) is 0 Å². The number of alkyl halides is 1. The van der Waals surface area contributed by atoms with E-state index in [0.29, 0.717) is 0 Å². The largest absolute Gasteiger partial charge is 0.381 e. The first-order valence-electron chi connectivity index (χ1n) is 5.89. The molecule has 1 aromatic rings. The summed E-state index contributed by atoms with van der Waals surface area (Å²) in [5.41, 5.74) is 4.55. The summed E-state index contributed by atoms with van der Waals surface area (Å²) < 4.78 is 5.49. The summed E-state index contributed by atoms with van der Waals surface area (Å²) in [5, 5.41) is 1.03. The van der Waals surface area contributed by atoms with Gasteiger partial charge in [0.15, 0.2) is 0 Å². The maximum absolute atomic E-state index is 5.49. The van der Waals surface area contributed by atoms with Crippen LogP contribution in [0.2, 0.25) is 0 Å². The summed E-state index contributed by atoms with van der Waals surface area (Å²) in [5.74, 6) is 0. The number of ether oxygens (including phenoxy) is 1. The molecular weight excluding hydrogens is 264 g/mol. The molecule has 0 saturated carbocycles. The highest BCUT2D eigenvalue weighted by molar-refractivity contribution is 9.09. The minimum atomic E-state index is 0.288. The lowest BCUT2D eigenvalue weighted by atomic mass is 9.74. The van der Waals surface area contributed by atoms with Gasteiger partial charge < -0.3 is 4.74 Å². The van der Waals surface area contributed by atoms with Crippen LogP contribution in [0.4, 0.5) is 0 Å². The van der Waals surface area contributed by atoms with E-state index in [9.17, 15) is 0 Å². The maximum atomic E-state index is 5.49. The van der Waals surface area contributed by atoms with Crippen LogP contribution in [0.15, 0.2) is 18.2 Å². The molecule has 0 aromatic heterocycles. The Kier molecular flexibility index (Phi) is 3.70. The van der Waals surface area contributed by atoms with Crippen molar-refractivity contribution in [1.29, 1.82) is 0 Å². The van der Waals surface area contributed by atoms with E-state index in [2.05, 4.69) is 48.0 Å². The first-order valence-corrected chi connectivity index (χ1v) is 7.01. The van der Waals surface area contributed by atoms with Gasteiger partial charge in [-0.1, -0.05) is 39.7 Å². The summed E-state index contributed by atoms with van der Waals surface area (Å²) >= 11 is 3.70. The van der Waals surface area contributed by atoms with Crippen LogP contribution in [-0.2, 0) is 10.2 Å². The van der Waals surface area contributed by atoms with Crippen LogP contribution < -0.4 is 0 Å². The molecule has 0 bridgehead atoms. The Bertz CT molecular complexity index is 367. The highest BCUT2D eigenvalue weighted by Crippen LogP contribution is 2.38. The van der Waals surface area contributed by atoms with Crippen molar-refractivity contribution >= 4 is 15.9 Å². The fraction of sp³-hybridized carbons (Fsp3) is 0.571. The van der Waals surface area contributed by atoms with Gasteiger partial charge >= 0.3 is 0 Å². The maximum Gasteiger partial charge on any atom is 0.0474 e. The molecule has 0 amide bonds. The van der Waals surface area contributed by atoms with E-state index < -0.39 is 0 Å². The molecule has 16 heavy (non-hydrogen) atoms. The zero-order chi connectivity index (χ0) is 11.6. The van der Waals surface area contributed by atoms with Gasteiger partial charge in [0.1, 0.15) is 0 Å². The lowest BCUT2D eigenvalue weighted by molar-refractivity contribution is 0.0582. The lowest BCUT2D eigenvalue weighted by Crippen LogP contribution is -2.36. The molecule has 1 fully saturated rings. The molecule has 2 heteroatoms. The minimum Gasteiger partial charge on any atom is -0.381 e. The van der Waals surface area contributed by atoms with Crippen molar-refractivity contribution < 1.29 is 4.74 Å². The third kappa shape index (κ3) is 2.18. The van der Waals surface area contributed by atoms with E-state index >= 15 is 0 Å². The standard InChI is InChI=1S/C14H19BrO/c1-11-3-4-13(12(2)9-11)14(10-15)5-7-16-8-6-14/h3-4,9H,5-8,10H2,1-2H3. The monoisotopic (exact) mass is 282 g/mol. The molecule has 1 heterocycles. The van der Waals surface area contributed by atoms with Crippen LogP contribution in [0.3, 0.4) is 0 Å². The molecule has 2 rings (SSSR count). The minimum absolute atomic E-state index is 0.288. The molecular formula is C14H19BrO. The second-order valence-electron chi connectivity index (χ2n) is 4.84. The highest BCUT2D eigenvalue weighted by atomic mass is 79.9.